The van der Waals surface area contributed by atoms with Gasteiger partial charge in [0, 0.05) is 63.2 Å². The number of hydrogen-bond donors (Lipinski definition) is 0. The van der Waals surface area contributed by atoms with Crippen LogP contribution < -0.4 is 0 Å². The van der Waals surface area contributed by atoms with Crippen molar-refractivity contribution in [2.45, 2.75) is 71.9 Å². The lowest BCUT2D eigenvalue weighted by Crippen LogP contribution is -2.45. The average molecular weight is 435 g/mol. The van der Waals surface area contributed by atoms with Gasteiger partial charge in [-0.1, -0.05) is 0 Å². The Morgan fingerprint density at radius 3 is 1.32 bits per heavy atom. The van der Waals surface area contributed by atoms with Crippen LogP contribution in [0.15, 0.2) is 0 Å². The molecule has 4 amide bonds. The molecule has 31 heavy (non-hydrogen) atoms. The minimum atomic E-state index is -0.304. The molecule has 0 spiro atoms. The molecular formula is C23H38N4O4. The fourth-order valence-corrected chi connectivity index (χ4v) is 4.92. The van der Waals surface area contributed by atoms with Gasteiger partial charge in [0.2, 0.25) is 23.6 Å². The largest absolute Gasteiger partial charge is 0.341 e. The molecule has 0 radical (unpaired) electrons. The van der Waals surface area contributed by atoms with E-state index in [-0.39, 0.29) is 59.4 Å². The van der Waals surface area contributed by atoms with Crippen molar-refractivity contribution in [3.05, 3.63) is 0 Å². The molecule has 3 aliphatic rings. The minimum Gasteiger partial charge on any atom is -0.341 e. The van der Waals surface area contributed by atoms with Gasteiger partial charge in [0.1, 0.15) is 0 Å². The topological polar surface area (TPSA) is 81.2 Å². The summed E-state index contributed by atoms with van der Waals surface area (Å²) in [6.45, 7) is 15.0. The highest BCUT2D eigenvalue weighted by molar-refractivity contribution is 5.91. The molecule has 3 heterocycles. The lowest BCUT2D eigenvalue weighted by atomic mass is 10.1. The van der Waals surface area contributed by atoms with Gasteiger partial charge >= 0.3 is 0 Å². The summed E-state index contributed by atoms with van der Waals surface area (Å²) < 4.78 is 0. The summed E-state index contributed by atoms with van der Waals surface area (Å²) >= 11 is 0. The van der Waals surface area contributed by atoms with Crippen molar-refractivity contribution in [1.82, 2.24) is 19.6 Å². The smallest absolute Gasteiger partial charge is 0.228 e. The van der Waals surface area contributed by atoms with E-state index < -0.39 is 0 Å². The number of amides is 4. The monoisotopic (exact) mass is 434 g/mol. The molecule has 0 aliphatic carbocycles. The first-order valence-corrected chi connectivity index (χ1v) is 11.5. The molecular weight excluding hydrogens is 396 g/mol. The van der Waals surface area contributed by atoms with Crippen LogP contribution in [0.5, 0.6) is 0 Å². The van der Waals surface area contributed by atoms with Gasteiger partial charge in [0.05, 0.1) is 11.8 Å². The standard InChI is InChI=1S/C23H38N4O4/c1-22(2,3)26-14-16(12-18(26)28)20(30)24-8-7-9-25(11-10-24)21(31)17-13-19(29)27(15-17)23(4,5)6/h16-17H,7-15H2,1-6H3. The maximum atomic E-state index is 13.1. The zero-order valence-electron chi connectivity index (χ0n) is 19.9. The molecule has 0 N–H and O–H groups in total. The van der Waals surface area contributed by atoms with E-state index >= 15 is 0 Å². The predicted molar refractivity (Wildman–Crippen MR) is 117 cm³/mol. The van der Waals surface area contributed by atoms with Crippen LogP contribution >= 0.6 is 0 Å². The first kappa shape index (κ1) is 23.5. The Kier molecular flexibility index (Phi) is 6.40. The summed E-state index contributed by atoms with van der Waals surface area (Å²) in [5.74, 6) is -0.504. The minimum absolute atomic E-state index is 0.0179. The van der Waals surface area contributed by atoms with Crippen LogP contribution in [0.2, 0.25) is 0 Å². The van der Waals surface area contributed by atoms with Gasteiger partial charge in [-0.3, -0.25) is 19.2 Å². The van der Waals surface area contributed by atoms with Gasteiger partial charge in [-0.2, -0.15) is 0 Å². The van der Waals surface area contributed by atoms with Crippen molar-refractivity contribution >= 4 is 23.6 Å². The van der Waals surface area contributed by atoms with Crippen LogP contribution in [-0.4, -0.2) is 93.6 Å². The van der Waals surface area contributed by atoms with E-state index in [4.69, 9.17) is 0 Å². The van der Waals surface area contributed by atoms with E-state index in [2.05, 4.69) is 0 Å². The van der Waals surface area contributed by atoms with E-state index in [1.54, 1.807) is 9.80 Å². The van der Waals surface area contributed by atoms with Crippen LogP contribution in [0.25, 0.3) is 0 Å². The van der Waals surface area contributed by atoms with Gasteiger partial charge in [-0.05, 0) is 48.0 Å². The average Bonchev–Trinajstić information content (AvgIpc) is 3.14. The quantitative estimate of drug-likeness (QED) is 0.657. The van der Waals surface area contributed by atoms with Gasteiger partial charge in [0.25, 0.3) is 0 Å². The van der Waals surface area contributed by atoms with Crippen LogP contribution in [0.4, 0.5) is 0 Å². The summed E-state index contributed by atoms with van der Waals surface area (Å²) in [6.07, 6.45) is 1.24. The highest BCUT2D eigenvalue weighted by atomic mass is 16.2. The van der Waals surface area contributed by atoms with Gasteiger partial charge in [-0.15, -0.1) is 0 Å². The number of nitrogens with zero attached hydrogens (tertiary/aromatic N) is 4. The second-order valence-corrected chi connectivity index (χ2v) is 11.2. The Bertz CT molecular complexity index is 690. The number of likely N-dealkylation sites (tertiary alicyclic amines) is 2. The van der Waals surface area contributed by atoms with E-state index in [0.717, 1.165) is 0 Å². The molecule has 174 valence electrons. The molecule has 3 saturated heterocycles. The zero-order chi connectivity index (χ0) is 23.1. The number of carbonyl (C=O) groups excluding carboxylic acids is 4. The summed E-state index contributed by atoms with van der Waals surface area (Å²) in [5, 5.41) is 0. The zero-order valence-corrected chi connectivity index (χ0v) is 19.9. The number of hydrogen-bond acceptors (Lipinski definition) is 4. The Morgan fingerprint density at radius 2 is 1.03 bits per heavy atom. The fourth-order valence-electron chi connectivity index (χ4n) is 4.92. The molecule has 2 atom stereocenters. The summed E-state index contributed by atoms with van der Waals surface area (Å²) in [7, 11) is 0. The van der Waals surface area contributed by atoms with Crippen molar-refractivity contribution in [2.75, 3.05) is 39.3 Å². The summed E-state index contributed by atoms with van der Waals surface area (Å²) in [4.78, 5) is 58.1. The van der Waals surface area contributed by atoms with Crippen molar-refractivity contribution in [1.29, 1.82) is 0 Å². The first-order valence-electron chi connectivity index (χ1n) is 11.5. The molecule has 3 rings (SSSR count). The number of rotatable bonds is 2. The van der Waals surface area contributed by atoms with Crippen molar-refractivity contribution in [3.63, 3.8) is 0 Å². The molecule has 0 aromatic rings. The molecule has 8 nitrogen and oxygen atoms in total. The summed E-state index contributed by atoms with van der Waals surface area (Å²) in [5.41, 5.74) is -0.568. The lowest BCUT2D eigenvalue weighted by Gasteiger charge is -2.32. The normalized spacial score (nSPS) is 26.0. The van der Waals surface area contributed by atoms with Crippen molar-refractivity contribution in [2.24, 2.45) is 11.8 Å². The van der Waals surface area contributed by atoms with Gasteiger partial charge < -0.3 is 19.6 Å². The van der Waals surface area contributed by atoms with Crippen LogP contribution in [0.1, 0.15) is 60.8 Å². The second-order valence-electron chi connectivity index (χ2n) is 11.2. The molecule has 3 fully saturated rings. The molecule has 2 unspecified atom stereocenters. The van der Waals surface area contributed by atoms with Crippen LogP contribution in [-0.2, 0) is 19.2 Å². The maximum Gasteiger partial charge on any atom is 0.228 e. The fraction of sp³-hybridized carbons (Fsp3) is 0.826. The molecule has 0 bridgehead atoms. The van der Waals surface area contributed by atoms with E-state index in [1.165, 1.54) is 0 Å². The van der Waals surface area contributed by atoms with E-state index in [1.807, 2.05) is 51.3 Å². The third kappa shape index (κ3) is 5.04. The van der Waals surface area contributed by atoms with Gasteiger partial charge in [0.15, 0.2) is 0 Å². The van der Waals surface area contributed by atoms with Crippen molar-refractivity contribution in [3.8, 4) is 0 Å². The SMILES string of the molecule is CC(C)(C)N1CC(C(=O)N2CCCN(C(=O)C3CC(=O)N(C(C)(C)C)C3)CC2)CC1=O. The third-order valence-electron chi connectivity index (χ3n) is 6.69. The molecule has 8 heteroatoms. The first-order chi connectivity index (χ1) is 14.3. The Morgan fingerprint density at radius 1 is 0.677 bits per heavy atom. The van der Waals surface area contributed by atoms with Crippen LogP contribution in [0.3, 0.4) is 0 Å². The summed E-state index contributed by atoms with van der Waals surface area (Å²) in [6, 6.07) is 0. The predicted octanol–water partition coefficient (Wildman–Crippen LogP) is 1.34. The molecule has 0 saturated carbocycles. The molecule has 0 aromatic heterocycles. The van der Waals surface area contributed by atoms with Crippen LogP contribution in [0, 0.1) is 11.8 Å². The highest BCUT2D eigenvalue weighted by Gasteiger charge is 2.43. The molecule has 0 aromatic carbocycles. The van der Waals surface area contributed by atoms with E-state index in [9.17, 15) is 19.2 Å². The van der Waals surface area contributed by atoms with E-state index in [0.29, 0.717) is 45.7 Å². The number of carbonyl (C=O) groups is 4. The highest BCUT2D eigenvalue weighted by Crippen LogP contribution is 2.29. The van der Waals surface area contributed by atoms with Gasteiger partial charge in [-0.25, -0.2) is 0 Å². The third-order valence-corrected chi connectivity index (χ3v) is 6.69. The molecule has 3 aliphatic heterocycles. The Labute approximate surface area is 185 Å². The van der Waals surface area contributed by atoms with Crippen molar-refractivity contribution < 1.29 is 19.2 Å². The maximum absolute atomic E-state index is 13.1. The second kappa shape index (κ2) is 8.43. The Balaban J connectivity index is 1.57. The lowest BCUT2D eigenvalue weighted by molar-refractivity contribution is -0.137. The Hall–Kier alpha value is -2.12.